The van der Waals surface area contributed by atoms with Crippen molar-refractivity contribution in [2.45, 2.75) is 38.6 Å². The van der Waals surface area contributed by atoms with E-state index in [4.69, 9.17) is 27.9 Å². The molecule has 3 aromatic carbocycles. The molecule has 5 heteroatoms. The fraction of sp³-hybridized carbons (Fsp3) is 0.308. The van der Waals surface area contributed by atoms with Crippen molar-refractivity contribution in [2.75, 3.05) is 13.1 Å². The number of ether oxygens (including phenoxy) is 1. The second-order valence-corrected chi connectivity index (χ2v) is 8.89. The quantitative estimate of drug-likeness (QED) is 0.430. The van der Waals surface area contributed by atoms with Gasteiger partial charge in [-0.05, 0) is 54.8 Å². The Bertz CT molecular complexity index is 935. The molecule has 1 N–H and O–H groups in total. The molecule has 0 aliphatic carbocycles. The summed E-state index contributed by atoms with van der Waals surface area (Å²) in [6, 6.07) is 25.1. The van der Waals surface area contributed by atoms with E-state index in [0.29, 0.717) is 28.4 Å². The minimum Gasteiger partial charge on any atom is -0.486 e. The molecule has 1 aliphatic rings. The lowest BCUT2D eigenvalue weighted by molar-refractivity contribution is 0.190. The molecule has 31 heavy (non-hydrogen) atoms. The normalized spacial score (nSPS) is 15.2. The van der Waals surface area contributed by atoms with Gasteiger partial charge in [-0.15, -0.1) is 0 Å². The van der Waals surface area contributed by atoms with Gasteiger partial charge >= 0.3 is 0 Å². The lowest BCUT2D eigenvalue weighted by atomic mass is 10.0. The Morgan fingerprint density at radius 1 is 0.806 bits per heavy atom. The second kappa shape index (κ2) is 11.0. The monoisotopic (exact) mass is 454 g/mol. The van der Waals surface area contributed by atoms with Crippen molar-refractivity contribution in [3.05, 3.63) is 99.5 Å². The van der Waals surface area contributed by atoms with Gasteiger partial charge in [0.05, 0.1) is 10.0 Å². The molecule has 0 saturated carbocycles. The summed E-state index contributed by atoms with van der Waals surface area (Å²) in [6.07, 6.45) is 2.29. The molecule has 3 nitrogen and oxygen atoms in total. The number of nitrogens with zero attached hydrogens (tertiary/aromatic N) is 1. The first-order chi connectivity index (χ1) is 15.2. The van der Waals surface area contributed by atoms with Crippen LogP contribution >= 0.6 is 23.2 Å². The predicted molar refractivity (Wildman–Crippen MR) is 129 cm³/mol. The Kier molecular flexibility index (Phi) is 7.87. The standard InChI is InChI=1S/C26H28Cl2N2O/c27-24-15-22(16-25(28)26(24)31-19-21-9-5-2-6-10-21)17-29-23-11-13-30(14-12-23)18-20-7-3-1-4-8-20/h1-10,15-16,23,29H,11-14,17-19H2. The third-order valence-corrected chi connectivity index (χ3v) is 6.28. The van der Waals surface area contributed by atoms with Crippen molar-refractivity contribution in [2.24, 2.45) is 0 Å². The van der Waals surface area contributed by atoms with Crippen molar-refractivity contribution in [1.29, 1.82) is 0 Å². The lowest BCUT2D eigenvalue weighted by Gasteiger charge is -2.32. The van der Waals surface area contributed by atoms with E-state index >= 15 is 0 Å². The Labute approximate surface area is 194 Å². The number of piperidine rings is 1. The zero-order valence-electron chi connectivity index (χ0n) is 17.6. The fourth-order valence-corrected chi connectivity index (χ4v) is 4.62. The highest BCUT2D eigenvalue weighted by atomic mass is 35.5. The third-order valence-electron chi connectivity index (χ3n) is 5.72. The fourth-order valence-electron chi connectivity index (χ4n) is 3.98. The number of rotatable bonds is 8. The van der Waals surface area contributed by atoms with Gasteiger partial charge in [-0.1, -0.05) is 83.9 Å². The minimum absolute atomic E-state index is 0.444. The SMILES string of the molecule is Clc1cc(CNC2CCN(Cc3ccccc3)CC2)cc(Cl)c1OCc1ccccc1. The van der Waals surface area contributed by atoms with Crippen LogP contribution in [0.3, 0.4) is 0 Å². The van der Waals surface area contributed by atoms with Gasteiger partial charge in [0.25, 0.3) is 0 Å². The second-order valence-electron chi connectivity index (χ2n) is 8.08. The average molecular weight is 455 g/mol. The van der Waals surface area contributed by atoms with E-state index in [2.05, 4.69) is 40.5 Å². The molecule has 0 atom stereocenters. The summed E-state index contributed by atoms with van der Waals surface area (Å²) < 4.78 is 5.87. The number of hydrogen-bond donors (Lipinski definition) is 1. The zero-order valence-corrected chi connectivity index (χ0v) is 19.1. The van der Waals surface area contributed by atoms with Crippen LogP contribution in [0.4, 0.5) is 0 Å². The Balaban J connectivity index is 1.25. The van der Waals surface area contributed by atoms with Crippen LogP contribution in [0.5, 0.6) is 5.75 Å². The molecule has 3 aromatic rings. The van der Waals surface area contributed by atoms with Crippen molar-refractivity contribution in [3.63, 3.8) is 0 Å². The molecule has 0 spiro atoms. The summed E-state index contributed by atoms with van der Waals surface area (Å²) in [5.41, 5.74) is 3.54. The molecule has 4 rings (SSSR count). The maximum atomic E-state index is 6.47. The Hall–Kier alpha value is -2.04. The largest absolute Gasteiger partial charge is 0.486 e. The maximum Gasteiger partial charge on any atom is 0.156 e. The van der Waals surface area contributed by atoms with Crippen LogP contribution in [-0.2, 0) is 19.7 Å². The number of hydrogen-bond acceptors (Lipinski definition) is 3. The van der Waals surface area contributed by atoms with Gasteiger partial charge in [-0.2, -0.15) is 0 Å². The van der Waals surface area contributed by atoms with Crippen LogP contribution in [0, 0.1) is 0 Å². The zero-order chi connectivity index (χ0) is 21.5. The van der Waals surface area contributed by atoms with Gasteiger partial charge in [0.1, 0.15) is 6.61 Å². The van der Waals surface area contributed by atoms with Gasteiger partial charge in [0.15, 0.2) is 5.75 Å². The highest BCUT2D eigenvalue weighted by Crippen LogP contribution is 2.35. The molecule has 1 saturated heterocycles. The topological polar surface area (TPSA) is 24.5 Å². The molecule has 1 fully saturated rings. The van der Waals surface area contributed by atoms with Gasteiger partial charge in [0.2, 0.25) is 0 Å². The van der Waals surface area contributed by atoms with Crippen LogP contribution < -0.4 is 10.1 Å². The lowest BCUT2D eigenvalue weighted by Crippen LogP contribution is -2.41. The Morgan fingerprint density at radius 2 is 1.39 bits per heavy atom. The first kappa shape index (κ1) is 22.2. The van der Waals surface area contributed by atoms with Gasteiger partial charge in [0, 0.05) is 19.1 Å². The predicted octanol–water partition coefficient (Wildman–Crippen LogP) is 6.33. The highest BCUT2D eigenvalue weighted by molar-refractivity contribution is 6.37. The van der Waals surface area contributed by atoms with Crippen LogP contribution in [0.2, 0.25) is 10.0 Å². The molecular formula is C26H28Cl2N2O. The van der Waals surface area contributed by atoms with Crippen LogP contribution in [0.25, 0.3) is 0 Å². The first-order valence-electron chi connectivity index (χ1n) is 10.8. The van der Waals surface area contributed by atoms with Crippen molar-refractivity contribution in [1.82, 2.24) is 10.2 Å². The van der Waals surface area contributed by atoms with Gasteiger partial charge < -0.3 is 10.1 Å². The van der Waals surface area contributed by atoms with E-state index in [1.54, 1.807) is 0 Å². The molecule has 0 amide bonds. The van der Waals surface area contributed by atoms with E-state index in [0.717, 1.165) is 50.1 Å². The number of nitrogens with one attached hydrogen (secondary N) is 1. The van der Waals surface area contributed by atoms with Gasteiger partial charge in [-0.3, -0.25) is 4.90 Å². The van der Waals surface area contributed by atoms with E-state index in [-0.39, 0.29) is 0 Å². The van der Waals surface area contributed by atoms with E-state index in [1.807, 2.05) is 42.5 Å². The number of halogens is 2. The van der Waals surface area contributed by atoms with Gasteiger partial charge in [-0.25, -0.2) is 0 Å². The maximum absolute atomic E-state index is 6.47. The van der Waals surface area contributed by atoms with E-state index in [1.165, 1.54) is 5.56 Å². The molecule has 1 aliphatic heterocycles. The molecule has 0 unspecified atom stereocenters. The highest BCUT2D eigenvalue weighted by Gasteiger charge is 2.19. The average Bonchev–Trinajstić information content (AvgIpc) is 2.79. The molecule has 0 aromatic heterocycles. The summed E-state index contributed by atoms with van der Waals surface area (Å²) in [6.45, 7) is 4.45. The summed E-state index contributed by atoms with van der Waals surface area (Å²) in [7, 11) is 0. The molecule has 162 valence electrons. The van der Waals surface area contributed by atoms with Crippen molar-refractivity contribution < 1.29 is 4.74 Å². The minimum atomic E-state index is 0.444. The molecule has 0 bridgehead atoms. The summed E-state index contributed by atoms with van der Waals surface area (Å²) >= 11 is 12.9. The number of likely N-dealkylation sites (tertiary alicyclic amines) is 1. The molecule has 0 radical (unpaired) electrons. The van der Waals surface area contributed by atoms with Crippen LogP contribution in [0.1, 0.15) is 29.5 Å². The summed E-state index contributed by atoms with van der Waals surface area (Å²) in [5, 5.41) is 4.78. The molecule has 1 heterocycles. The number of benzene rings is 3. The third kappa shape index (κ3) is 6.47. The summed E-state index contributed by atoms with van der Waals surface area (Å²) in [4.78, 5) is 2.53. The Morgan fingerprint density at radius 3 is 2.00 bits per heavy atom. The smallest absolute Gasteiger partial charge is 0.156 e. The van der Waals surface area contributed by atoms with Crippen molar-refractivity contribution >= 4 is 23.2 Å². The molecular weight excluding hydrogens is 427 g/mol. The summed E-state index contributed by atoms with van der Waals surface area (Å²) in [5.74, 6) is 0.546. The van der Waals surface area contributed by atoms with E-state index < -0.39 is 0 Å². The first-order valence-corrected chi connectivity index (χ1v) is 11.6. The van der Waals surface area contributed by atoms with Crippen molar-refractivity contribution in [3.8, 4) is 5.75 Å². The van der Waals surface area contributed by atoms with Crippen LogP contribution in [-0.4, -0.2) is 24.0 Å². The van der Waals surface area contributed by atoms with E-state index in [9.17, 15) is 0 Å². The van der Waals surface area contributed by atoms with Crippen LogP contribution in [0.15, 0.2) is 72.8 Å².